The topological polar surface area (TPSA) is 81.4 Å². The van der Waals surface area contributed by atoms with Gasteiger partial charge in [-0.1, -0.05) is 18.2 Å². The lowest BCUT2D eigenvalue weighted by Crippen LogP contribution is -2.14. The summed E-state index contributed by atoms with van der Waals surface area (Å²) in [4.78, 5) is 0.245. The van der Waals surface area contributed by atoms with Gasteiger partial charge in [0.1, 0.15) is 5.75 Å². The fourth-order valence-corrected chi connectivity index (χ4v) is 3.16. The Labute approximate surface area is 118 Å². The summed E-state index contributed by atoms with van der Waals surface area (Å²) in [6.45, 7) is 1.75. The van der Waals surface area contributed by atoms with Gasteiger partial charge in [-0.05, 0) is 36.8 Å². The second kappa shape index (κ2) is 5.42. The maximum atomic E-state index is 12.3. The second-order valence-electron chi connectivity index (χ2n) is 4.33. The number of sulfonamides is 1. The van der Waals surface area contributed by atoms with Crippen molar-refractivity contribution in [3.63, 3.8) is 0 Å². The molecular formula is C14H16N2O3S. The molecule has 3 N–H and O–H groups in total. The molecule has 0 atom stereocenters. The van der Waals surface area contributed by atoms with Crippen LogP contribution in [-0.4, -0.2) is 15.5 Å². The minimum atomic E-state index is -3.63. The van der Waals surface area contributed by atoms with E-state index in [1.807, 2.05) is 0 Å². The Balaban J connectivity index is 2.34. The highest BCUT2D eigenvalue weighted by atomic mass is 32.2. The van der Waals surface area contributed by atoms with Gasteiger partial charge in [-0.3, -0.25) is 4.72 Å². The summed E-state index contributed by atoms with van der Waals surface area (Å²) in [6, 6.07) is 11.5. The molecule has 2 rings (SSSR count). The van der Waals surface area contributed by atoms with Crippen molar-refractivity contribution in [2.45, 2.75) is 11.8 Å². The summed E-state index contributed by atoms with van der Waals surface area (Å²) in [7, 11) is -2.12. The van der Waals surface area contributed by atoms with E-state index in [2.05, 4.69) is 4.72 Å². The highest BCUT2D eigenvalue weighted by Crippen LogP contribution is 2.26. The van der Waals surface area contributed by atoms with E-state index in [0.717, 1.165) is 0 Å². The number of rotatable bonds is 4. The molecule has 0 fully saturated rings. The van der Waals surface area contributed by atoms with Gasteiger partial charge in [0.25, 0.3) is 10.0 Å². The number of methoxy groups -OCH3 is 1. The van der Waals surface area contributed by atoms with Crippen LogP contribution < -0.4 is 15.2 Å². The van der Waals surface area contributed by atoms with Crippen LogP contribution >= 0.6 is 0 Å². The summed E-state index contributed by atoms with van der Waals surface area (Å²) < 4.78 is 32.1. The van der Waals surface area contributed by atoms with Gasteiger partial charge in [0.05, 0.1) is 23.4 Å². The molecule has 0 bridgehead atoms. The van der Waals surface area contributed by atoms with Crippen molar-refractivity contribution in [3.8, 4) is 5.75 Å². The normalized spacial score (nSPS) is 11.1. The number of nitrogen functional groups attached to an aromatic ring is 1. The standard InChI is InChI=1S/C14H16N2O3S/c1-10-5-3-4-6-14(10)20(17,18)16-11-7-8-13(19-2)12(15)9-11/h3-9,16H,15H2,1-2H3. The minimum absolute atomic E-state index is 0.245. The summed E-state index contributed by atoms with van der Waals surface area (Å²) >= 11 is 0. The molecule has 106 valence electrons. The number of nitrogens with two attached hydrogens (primary N) is 1. The Morgan fingerprint density at radius 3 is 2.45 bits per heavy atom. The summed E-state index contributed by atoms with van der Waals surface area (Å²) in [5, 5.41) is 0. The molecule has 0 aromatic heterocycles. The molecule has 6 heteroatoms. The van der Waals surface area contributed by atoms with Gasteiger partial charge in [-0.25, -0.2) is 8.42 Å². The van der Waals surface area contributed by atoms with Crippen LogP contribution in [0.25, 0.3) is 0 Å². The monoisotopic (exact) mass is 292 g/mol. The van der Waals surface area contributed by atoms with E-state index in [4.69, 9.17) is 10.5 Å². The van der Waals surface area contributed by atoms with E-state index in [0.29, 0.717) is 22.7 Å². The van der Waals surface area contributed by atoms with E-state index in [1.54, 1.807) is 43.3 Å². The van der Waals surface area contributed by atoms with Crippen LogP contribution in [0.1, 0.15) is 5.56 Å². The first-order chi connectivity index (χ1) is 9.44. The Bertz CT molecular complexity index is 727. The quantitative estimate of drug-likeness (QED) is 0.848. The number of nitrogens with one attached hydrogen (secondary N) is 1. The fourth-order valence-electron chi connectivity index (χ4n) is 1.87. The minimum Gasteiger partial charge on any atom is -0.495 e. The third kappa shape index (κ3) is 2.85. The van der Waals surface area contributed by atoms with Crippen LogP contribution in [-0.2, 0) is 10.0 Å². The smallest absolute Gasteiger partial charge is 0.262 e. The second-order valence-corrected chi connectivity index (χ2v) is 5.98. The van der Waals surface area contributed by atoms with Gasteiger partial charge in [0.15, 0.2) is 0 Å². The summed E-state index contributed by atoms with van der Waals surface area (Å²) in [6.07, 6.45) is 0. The molecule has 20 heavy (non-hydrogen) atoms. The Hall–Kier alpha value is -2.21. The van der Waals surface area contributed by atoms with E-state index in [1.165, 1.54) is 13.2 Å². The van der Waals surface area contributed by atoms with Gasteiger partial charge in [0.2, 0.25) is 0 Å². The van der Waals surface area contributed by atoms with Crippen LogP contribution in [0.5, 0.6) is 5.75 Å². The SMILES string of the molecule is COc1ccc(NS(=O)(=O)c2ccccc2C)cc1N. The van der Waals surface area contributed by atoms with Gasteiger partial charge < -0.3 is 10.5 Å². The number of anilines is 2. The first-order valence-electron chi connectivity index (χ1n) is 5.96. The predicted octanol–water partition coefficient (Wildman–Crippen LogP) is 2.39. The molecule has 0 saturated heterocycles. The zero-order chi connectivity index (χ0) is 14.8. The molecule has 0 spiro atoms. The van der Waals surface area contributed by atoms with Crippen molar-refractivity contribution in [1.29, 1.82) is 0 Å². The average molecular weight is 292 g/mol. The number of hydrogen-bond donors (Lipinski definition) is 2. The molecule has 5 nitrogen and oxygen atoms in total. The van der Waals surface area contributed by atoms with E-state index < -0.39 is 10.0 Å². The Morgan fingerprint density at radius 2 is 1.85 bits per heavy atom. The summed E-state index contributed by atoms with van der Waals surface area (Å²) in [5.41, 5.74) is 7.21. The molecule has 2 aromatic carbocycles. The van der Waals surface area contributed by atoms with Gasteiger partial charge >= 0.3 is 0 Å². The third-order valence-electron chi connectivity index (χ3n) is 2.87. The predicted molar refractivity (Wildman–Crippen MR) is 79.4 cm³/mol. The highest BCUT2D eigenvalue weighted by molar-refractivity contribution is 7.92. The lowest BCUT2D eigenvalue weighted by Gasteiger charge is -2.11. The molecule has 0 amide bonds. The van der Waals surface area contributed by atoms with Gasteiger partial charge in [-0.15, -0.1) is 0 Å². The number of benzene rings is 2. The first-order valence-corrected chi connectivity index (χ1v) is 7.44. The fraction of sp³-hybridized carbons (Fsp3) is 0.143. The van der Waals surface area contributed by atoms with Gasteiger partial charge in [-0.2, -0.15) is 0 Å². The van der Waals surface area contributed by atoms with E-state index >= 15 is 0 Å². The van der Waals surface area contributed by atoms with E-state index in [-0.39, 0.29) is 4.90 Å². The zero-order valence-electron chi connectivity index (χ0n) is 11.3. The molecular weight excluding hydrogens is 276 g/mol. The molecule has 0 radical (unpaired) electrons. The van der Waals surface area contributed by atoms with Crippen molar-refractivity contribution in [3.05, 3.63) is 48.0 Å². The van der Waals surface area contributed by atoms with Crippen LogP contribution in [0.2, 0.25) is 0 Å². The van der Waals surface area contributed by atoms with Crippen molar-refractivity contribution < 1.29 is 13.2 Å². The molecule has 0 aliphatic rings. The van der Waals surface area contributed by atoms with Crippen LogP contribution in [0.3, 0.4) is 0 Å². The van der Waals surface area contributed by atoms with Crippen molar-refractivity contribution in [2.24, 2.45) is 0 Å². The maximum absolute atomic E-state index is 12.3. The summed E-state index contributed by atoms with van der Waals surface area (Å²) in [5.74, 6) is 0.504. The average Bonchev–Trinajstić information content (AvgIpc) is 2.38. The molecule has 0 saturated carbocycles. The van der Waals surface area contributed by atoms with Crippen LogP contribution in [0.4, 0.5) is 11.4 Å². The Kier molecular flexibility index (Phi) is 3.85. The Morgan fingerprint density at radius 1 is 1.15 bits per heavy atom. The highest BCUT2D eigenvalue weighted by Gasteiger charge is 2.16. The third-order valence-corrected chi connectivity index (χ3v) is 4.41. The molecule has 0 aliphatic carbocycles. The van der Waals surface area contributed by atoms with Crippen molar-refractivity contribution >= 4 is 21.4 Å². The van der Waals surface area contributed by atoms with Crippen molar-refractivity contribution in [2.75, 3.05) is 17.6 Å². The lowest BCUT2D eigenvalue weighted by atomic mass is 10.2. The van der Waals surface area contributed by atoms with Crippen LogP contribution in [0.15, 0.2) is 47.4 Å². The van der Waals surface area contributed by atoms with E-state index in [9.17, 15) is 8.42 Å². The van der Waals surface area contributed by atoms with Gasteiger partial charge in [0, 0.05) is 0 Å². The molecule has 0 heterocycles. The van der Waals surface area contributed by atoms with Crippen molar-refractivity contribution in [1.82, 2.24) is 0 Å². The molecule has 0 unspecified atom stereocenters. The molecule has 2 aromatic rings. The number of hydrogen-bond acceptors (Lipinski definition) is 4. The van der Waals surface area contributed by atoms with Crippen LogP contribution in [0, 0.1) is 6.92 Å². The maximum Gasteiger partial charge on any atom is 0.262 e. The number of ether oxygens (including phenoxy) is 1. The number of aryl methyl sites for hydroxylation is 1. The zero-order valence-corrected chi connectivity index (χ0v) is 12.1. The largest absolute Gasteiger partial charge is 0.495 e. The molecule has 0 aliphatic heterocycles. The lowest BCUT2D eigenvalue weighted by molar-refractivity contribution is 0.417. The first kappa shape index (κ1) is 14.2.